The number of ether oxygens (including phenoxy) is 3. The lowest BCUT2D eigenvalue weighted by atomic mass is 9.71. The third kappa shape index (κ3) is 3.19. The maximum absolute atomic E-state index is 10.4. The predicted molar refractivity (Wildman–Crippen MR) is 112 cm³/mol. The second kappa shape index (κ2) is 8.11. The number of aromatic hydroxyl groups is 1. The fourth-order valence-electron chi connectivity index (χ4n) is 5.52. The van der Waals surface area contributed by atoms with Gasteiger partial charge in [0.25, 0.3) is 0 Å². The van der Waals surface area contributed by atoms with Gasteiger partial charge in [-0.15, -0.1) is 0 Å². The third-order valence-corrected chi connectivity index (χ3v) is 7.19. The van der Waals surface area contributed by atoms with E-state index in [2.05, 4.69) is 11.0 Å². The Morgan fingerprint density at radius 2 is 2.00 bits per heavy atom. The number of nitrogens with zero attached hydrogens (tertiary/aromatic N) is 1. The Morgan fingerprint density at radius 1 is 1.19 bits per heavy atom. The van der Waals surface area contributed by atoms with Gasteiger partial charge in [-0.3, -0.25) is 4.90 Å². The van der Waals surface area contributed by atoms with Crippen LogP contribution in [0.25, 0.3) is 0 Å². The Kier molecular flexibility index (Phi) is 5.53. The first kappa shape index (κ1) is 21.8. The smallest absolute Gasteiger partial charge is 0.187 e. The highest BCUT2D eigenvalue weighted by Gasteiger charge is 2.52. The van der Waals surface area contributed by atoms with E-state index >= 15 is 0 Å². The van der Waals surface area contributed by atoms with Crippen LogP contribution in [-0.4, -0.2) is 94.0 Å². The summed E-state index contributed by atoms with van der Waals surface area (Å²) in [6.45, 7) is 1.10. The summed E-state index contributed by atoms with van der Waals surface area (Å²) in [6.07, 6.45) is 0.377. The maximum Gasteiger partial charge on any atom is 0.187 e. The molecule has 0 aromatic heterocycles. The van der Waals surface area contributed by atoms with E-state index in [1.807, 2.05) is 18.2 Å². The maximum atomic E-state index is 10.4. The number of aliphatic hydroxyl groups excluding tert-OH is 4. The van der Waals surface area contributed by atoms with E-state index in [1.165, 1.54) is 7.11 Å². The molecule has 9 heteroatoms. The number of hydrogen-bond donors (Lipinski definition) is 5. The molecule has 1 saturated heterocycles. The molecule has 1 aliphatic carbocycles. The van der Waals surface area contributed by atoms with Crippen LogP contribution in [0.15, 0.2) is 35.9 Å². The summed E-state index contributed by atoms with van der Waals surface area (Å²) < 4.78 is 17.0. The largest absolute Gasteiger partial charge is 0.504 e. The number of phenolic OH excluding ortho intramolecular Hbond substituents is 1. The van der Waals surface area contributed by atoms with Crippen molar-refractivity contribution in [3.63, 3.8) is 0 Å². The van der Waals surface area contributed by atoms with Crippen molar-refractivity contribution < 1.29 is 39.7 Å². The Bertz CT molecular complexity index is 946. The zero-order chi connectivity index (χ0) is 22.6. The molecule has 0 radical (unpaired) electrons. The first-order valence-electron chi connectivity index (χ1n) is 10.9. The van der Waals surface area contributed by atoms with Crippen LogP contribution >= 0.6 is 0 Å². The van der Waals surface area contributed by atoms with Crippen LogP contribution in [0.4, 0.5) is 0 Å². The van der Waals surface area contributed by atoms with E-state index in [4.69, 9.17) is 14.2 Å². The molecule has 4 aliphatic rings. The number of benzene rings is 1. The fraction of sp³-hybridized carbons (Fsp3) is 0.565. The van der Waals surface area contributed by atoms with Crippen LogP contribution < -0.4 is 4.74 Å². The van der Waals surface area contributed by atoms with E-state index in [0.29, 0.717) is 12.2 Å². The molecule has 1 spiro atoms. The van der Waals surface area contributed by atoms with Gasteiger partial charge in [0.15, 0.2) is 17.8 Å². The number of phenols is 1. The molecule has 7 unspecified atom stereocenters. The number of methoxy groups -OCH3 is 1. The van der Waals surface area contributed by atoms with Crippen molar-refractivity contribution in [2.24, 2.45) is 0 Å². The van der Waals surface area contributed by atoms with Gasteiger partial charge >= 0.3 is 0 Å². The molecule has 3 heterocycles. The molecule has 32 heavy (non-hydrogen) atoms. The highest BCUT2D eigenvalue weighted by Crippen LogP contribution is 2.52. The van der Waals surface area contributed by atoms with Crippen molar-refractivity contribution in [2.75, 3.05) is 26.8 Å². The molecule has 3 aliphatic heterocycles. The van der Waals surface area contributed by atoms with Crippen LogP contribution in [0.3, 0.4) is 0 Å². The molecule has 0 saturated carbocycles. The van der Waals surface area contributed by atoms with Gasteiger partial charge in [0.1, 0.15) is 24.4 Å². The highest BCUT2D eigenvalue weighted by atomic mass is 16.7. The zero-order valence-electron chi connectivity index (χ0n) is 17.8. The monoisotopic (exact) mass is 447 g/mol. The molecule has 174 valence electrons. The van der Waals surface area contributed by atoms with Crippen LogP contribution in [0.5, 0.6) is 11.5 Å². The van der Waals surface area contributed by atoms with E-state index in [0.717, 1.165) is 36.2 Å². The average molecular weight is 447 g/mol. The number of fused-ring (bicyclic) bond motifs is 1. The Labute approximate surface area is 185 Å². The van der Waals surface area contributed by atoms with E-state index < -0.39 is 49.0 Å². The van der Waals surface area contributed by atoms with Gasteiger partial charge < -0.3 is 39.7 Å². The van der Waals surface area contributed by atoms with Gasteiger partial charge in [-0.25, -0.2) is 0 Å². The van der Waals surface area contributed by atoms with Gasteiger partial charge in [0.2, 0.25) is 0 Å². The number of aliphatic hydroxyl groups is 4. The summed E-state index contributed by atoms with van der Waals surface area (Å²) in [5.41, 5.74) is 2.77. The zero-order valence-corrected chi connectivity index (χ0v) is 17.8. The van der Waals surface area contributed by atoms with Gasteiger partial charge in [-0.1, -0.05) is 18.2 Å². The summed E-state index contributed by atoms with van der Waals surface area (Å²) in [7, 11) is 1.52. The lowest BCUT2D eigenvalue weighted by molar-refractivity contribution is -0.309. The number of rotatable bonds is 4. The molecule has 5 N–H and O–H groups in total. The minimum atomic E-state index is -1.49. The van der Waals surface area contributed by atoms with Crippen LogP contribution in [0, 0.1) is 0 Å². The Morgan fingerprint density at radius 3 is 2.75 bits per heavy atom. The Balaban J connectivity index is 1.46. The first-order chi connectivity index (χ1) is 15.4. The molecule has 5 rings (SSSR count). The van der Waals surface area contributed by atoms with Gasteiger partial charge in [0, 0.05) is 19.5 Å². The highest BCUT2D eigenvalue weighted by molar-refractivity contribution is 5.57. The van der Waals surface area contributed by atoms with Crippen molar-refractivity contribution in [3.05, 3.63) is 47.1 Å². The van der Waals surface area contributed by atoms with Crippen molar-refractivity contribution in [1.82, 2.24) is 4.90 Å². The molecular formula is C23H29NO8. The van der Waals surface area contributed by atoms with E-state index in [1.54, 1.807) is 6.07 Å². The lowest BCUT2D eigenvalue weighted by Gasteiger charge is -2.49. The molecule has 0 amide bonds. The molecular weight excluding hydrogens is 418 g/mol. The van der Waals surface area contributed by atoms with E-state index in [9.17, 15) is 25.5 Å². The van der Waals surface area contributed by atoms with Gasteiger partial charge in [-0.05, 0) is 35.3 Å². The Hall–Kier alpha value is -1.98. The molecule has 1 fully saturated rings. The van der Waals surface area contributed by atoms with Crippen LogP contribution in [-0.2, 0) is 21.4 Å². The summed E-state index contributed by atoms with van der Waals surface area (Å²) in [4.78, 5) is 2.37. The SMILES string of the molecule is COc1cc2c(cc1O)CCN1CC=C3C=CC(OC4OC(CO)C(O)C(O)C4O)CC321. The average Bonchev–Trinajstić information content (AvgIpc) is 3.18. The van der Waals surface area contributed by atoms with Crippen LogP contribution in [0.2, 0.25) is 0 Å². The molecule has 0 bridgehead atoms. The molecule has 1 aromatic rings. The second-order valence-corrected chi connectivity index (χ2v) is 8.83. The van der Waals surface area contributed by atoms with Crippen molar-refractivity contribution in [2.45, 2.75) is 55.2 Å². The molecule has 9 nitrogen and oxygen atoms in total. The topological polar surface area (TPSA) is 132 Å². The minimum absolute atomic E-state index is 0.111. The van der Waals surface area contributed by atoms with Gasteiger partial charge in [0.05, 0.1) is 25.4 Å². The van der Waals surface area contributed by atoms with Crippen molar-refractivity contribution >= 4 is 0 Å². The van der Waals surface area contributed by atoms with Crippen molar-refractivity contribution in [1.29, 1.82) is 0 Å². The summed E-state index contributed by atoms with van der Waals surface area (Å²) in [5, 5.41) is 50.3. The quantitative estimate of drug-likeness (QED) is 0.416. The summed E-state index contributed by atoms with van der Waals surface area (Å²) in [6, 6.07) is 3.65. The predicted octanol–water partition coefficient (Wildman–Crippen LogP) is -0.461. The minimum Gasteiger partial charge on any atom is -0.504 e. The van der Waals surface area contributed by atoms with Gasteiger partial charge in [-0.2, -0.15) is 0 Å². The fourth-order valence-corrected chi connectivity index (χ4v) is 5.52. The molecule has 1 aromatic carbocycles. The third-order valence-electron chi connectivity index (χ3n) is 7.19. The first-order valence-corrected chi connectivity index (χ1v) is 10.9. The standard InChI is InChI=1S/C23H29NO8/c1-30-17-9-15-12(8-16(17)26)4-6-24-7-5-13-2-3-14(10-23(13,15)24)31-22-21(29)20(28)19(27)18(11-25)32-22/h2-3,5,8-9,14,18-22,25-29H,4,6-7,10-11H2,1H3. The summed E-state index contributed by atoms with van der Waals surface area (Å²) >= 11 is 0. The lowest BCUT2D eigenvalue weighted by Crippen LogP contribution is -2.60. The molecule has 7 atom stereocenters. The second-order valence-electron chi connectivity index (χ2n) is 8.83. The van der Waals surface area contributed by atoms with Crippen molar-refractivity contribution in [3.8, 4) is 11.5 Å². The van der Waals surface area contributed by atoms with E-state index in [-0.39, 0.29) is 5.75 Å². The van der Waals surface area contributed by atoms with Crippen LogP contribution in [0.1, 0.15) is 17.5 Å². The number of hydrogen-bond acceptors (Lipinski definition) is 9. The normalized spacial score (nSPS) is 38.6. The summed E-state index contributed by atoms with van der Waals surface area (Å²) in [5.74, 6) is 0.521.